The molecule has 0 aliphatic carbocycles. The number of alkyl halides is 1. The monoisotopic (exact) mass is 219 g/mol. The topological polar surface area (TPSA) is 100 Å². The van der Waals surface area contributed by atoms with Crippen LogP contribution in [0, 0.1) is 0 Å². The lowest BCUT2D eigenvalue weighted by Gasteiger charge is -2.07. The number of carbonyl (C=O) groups is 2. The van der Waals surface area contributed by atoms with E-state index in [1.165, 1.54) is 0 Å². The number of carboxylic acids is 1. The first-order valence-corrected chi connectivity index (χ1v) is 4.09. The first-order chi connectivity index (χ1) is 7.04. The number of amidine groups is 1. The van der Waals surface area contributed by atoms with Crippen LogP contribution < -0.4 is 10.9 Å². The number of hydrazine groups is 1. The van der Waals surface area contributed by atoms with Gasteiger partial charge in [0.25, 0.3) is 0 Å². The number of amides is 1. The molecule has 2 atom stereocenters. The zero-order chi connectivity index (χ0) is 11.4. The number of carboxylic acid groups (broad SMARTS) is 1. The number of aliphatic carboxylic acids is 1. The number of hydrogen-bond acceptors (Lipinski definition) is 5. The number of methoxy groups -OCH3 is 1. The van der Waals surface area contributed by atoms with E-state index in [2.05, 4.69) is 15.2 Å². The highest BCUT2D eigenvalue weighted by Gasteiger charge is 2.32. The van der Waals surface area contributed by atoms with Gasteiger partial charge in [0.05, 0.1) is 7.11 Å². The Bertz CT molecular complexity index is 307. The molecule has 7 nitrogen and oxygen atoms in total. The maximum absolute atomic E-state index is 13.1. The van der Waals surface area contributed by atoms with Gasteiger partial charge in [-0.15, -0.1) is 0 Å². The van der Waals surface area contributed by atoms with Gasteiger partial charge < -0.3 is 9.84 Å². The van der Waals surface area contributed by atoms with Crippen molar-refractivity contribution >= 4 is 17.9 Å². The summed E-state index contributed by atoms with van der Waals surface area (Å²) in [6, 6.07) is -1.11. The minimum absolute atomic E-state index is 0.215. The molecule has 0 radical (unpaired) electrons. The molecule has 0 bridgehead atoms. The van der Waals surface area contributed by atoms with Crippen molar-refractivity contribution in [3.8, 4) is 0 Å². The van der Waals surface area contributed by atoms with Crippen LogP contribution in [-0.2, 0) is 9.53 Å². The van der Waals surface area contributed by atoms with Gasteiger partial charge in [-0.2, -0.15) is 0 Å². The van der Waals surface area contributed by atoms with Crippen LogP contribution in [0.5, 0.6) is 0 Å². The Balaban J connectivity index is 2.50. The van der Waals surface area contributed by atoms with Crippen molar-refractivity contribution in [2.45, 2.75) is 18.6 Å². The summed E-state index contributed by atoms with van der Waals surface area (Å²) >= 11 is 0. The number of hydrogen-bond donors (Lipinski definition) is 3. The van der Waals surface area contributed by atoms with Gasteiger partial charge in [-0.3, -0.25) is 10.4 Å². The summed E-state index contributed by atoms with van der Waals surface area (Å²) in [7, 11) is 1.14. The quantitative estimate of drug-likeness (QED) is 0.513. The van der Waals surface area contributed by atoms with Crippen molar-refractivity contribution in [1.29, 1.82) is 0 Å². The number of halogens is 1. The third-order valence-corrected chi connectivity index (χ3v) is 1.78. The van der Waals surface area contributed by atoms with Crippen LogP contribution in [-0.4, -0.2) is 42.3 Å². The first kappa shape index (κ1) is 11.2. The van der Waals surface area contributed by atoms with E-state index in [4.69, 9.17) is 5.11 Å². The highest BCUT2D eigenvalue weighted by atomic mass is 19.1. The summed E-state index contributed by atoms with van der Waals surface area (Å²) < 4.78 is 17.3. The maximum Gasteiger partial charge on any atom is 0.425 e. The van der Waals surface area contributed by atoms with Gasteiger partial charge >= 0.3 is 12.1 Å². The summed E-state index contributed by atoms with van der Waals surface area (Å²) in [6.07, 6.45) is -2.58. The van der Waals surface area contributed by atoms with Crippen molar-refractivity contribution in [1.82, 2.24) is 10.9 Å². The summed E-state index contributed by atoms with van der Waals surface area (Å²) in [5, 5.41) is 8.56. The number of carbonyl (C=O) groups excluding carboxylic acids is 1. The largest absolute Gasteiger partial charge is 0.480 e. The SMILES string of the molecule is COC(=O)NNC1=N[C@H](C(=O)O)C[C@@H]1F. The molecule has 1 aliphatic heterocycles. The Morgan fingerprint density at radius 1 is 1.67 bits per heavy atom. The first-order valence-electron chi connectivity index (χ1n) is 4.09. The van der Waals surface area contributed by atoms with Gasteiger partial charge in [-0.05, 0) is 0 Å². The van der Waals surface area contributed by atoms with E-state index in [1.54, 1.807) is 0 Å². The zero-order valence-electron chi connectivity index (χ0n) is 7.86. The number of aliphatic imine (C=N–C) groups is 1. The molecule has 84 valence electrons. The van der Waals surface area contributed by atoms with E-state index in [0.29, 0.717) is 0 Å². The fraction of sp³-hybridized carbons (Fsp3) is 0.571. The average Bonchev–Trinajstić information content (AvgIpc) is 2.56. The molecule has 1 aliphatic rings. The number of nitrogens with zero attached hydrogens (tertiary/aromatic N) is 1. The minimum atomic E-state index is -1.52. The van der Waals surface area contributed by atoms with Crippen LogP contribution >= 0.6 is 0 Å². The van der Waals surface area contributed by atoms with Crippen LogP contribution in [0.15, 0.2) is 4.99 Å². The predicted octanol–water partition coefficient (Wildman–Crippen LogP) is -0.560. The van der Waals surface area contributed by atoms with E-state index in [0.717, 1.165) is 7.11 Å². The smallest absolute Gasteiger partial charge is 0.425 e. The molecule has 0 unspecified atom stereocenters. The average molecular weight is 219 g/mol. The van der Waals surface area contributed by atoms with Gasteiger partial charge in [-0.25, -0.2) is 19.4 Å². The Hall–Kier alpha value is -1.86. The summed E-state index contributed by atoms with van der Waals surface area (Å²) in [5.74, 6) is -1.42. The lowest BCUT2D eigenvalue weighted by atomic mass is 10.2. The molecule has 3 N–H and O–H groups in total. The maximum atomic E-state index is 13.1. The van der Waals surface area contributed by atoms with E-state index < -0.39 is 24.3 Å². The van der Waals surface area contributed by atoms with Gasteiger partial charge in [0.2, 0.25) is 0 Å². The van der Waals surface area contributed by atoms with Gasteiger partial charge in [0, 0.05) is 6.42 Å². The van der Waals surface area contributed by atoms with Crippen molar-refractivity contribution < 1.29 is 23.8 Å². The second-order valence-corrected chi connectivity index (χ2v) is 2.81. The predicted molar refractivity (Wildman–Crippen MR) is 47.0 cm³/mol. The molecule has 1 amide bonds. The molecule has 8 heteroatoms. The summed E-state index contributed by atoms with van der Waals surface area (Å²) in [6.45, 7) is 0. The Morgan fingerprint density at radius 3 is 2.80 bits per heavy atom. The van der Waals surface area contributed by atoms with Crippen LogP contribution in [0.25, 0.3) is 0 Å². The van der Waals surface area contributed by atoms with Gasteiger partial charge in [0.1, 0.15) is 0 Å². The van der Waals surface area contributed by atoms with Crippen LogP contribution in [0.3, 0.4) is 0 Å². The normalized spacial score (nSPS) is 24.3. The fourth-order valence-electron chi connectivity index (χ4n) is 1.04. The molecule has 0 saturated heterocycles. The summed E-state index contributed by atoms with van der Waals surface area (Å²) in [4.78, 5) is 24.6. The molecule has 0 aromatic carbocycles. The lowest BCUT2D eigenvalue weighted by Crippen LogP contribution is -2.44. The molecule has 1 rings (SSSR count). The van der Waals surface area contributed by atoms with Crippen molar-refractivity contribution in [2.24, 2.45) is 4.99 Å². The molecular weight excluding hydrogens is 209 g/mol. The van der Waals surface area contributed by atoms with Gasteiger partial charge in [0.15, 0.2) is 18.0 Å². The highest BCUT2D eigenvalue weighted by Crippen LogP contribution is 2.15. The molecule has 0 fully saturated rings. The second kappa shape index (κ2) is 4.58. The molecule has 15 heavy (non-hydrogen) atoms. The van der Waals surface area contributed by atoms with E-state index >= 15 is 0 Å². The number of ether oxygens (including phenoxy) is 1. The Kier molecular flexibility index (Phi) is 3.42. The van der Waals surface area contributed by atoms with Crippen molar-refractivity contribution in [3.63, 3.8) is 0 Å². The molecule has 1 heterocycles. The van der Waals surface area contributed by atoms with Crippen LogP contribution in [0.2, 0.25) is 0 Å². The number of rotatable bonds is 1. The van der Waals surface area contributed by atoms with E-state index in [1.807, 2.05) is 5.43 Å². The Labute approximate surface area is 84.3 Å². The molecule has 0 spiro atoms. The molecular formula is C7H10FN3O4. The number of nitrogens with one attached hydrogen (secondary N) is 2. The minimum Gasteiger partial charge on any atom is -0.480 e. The highest BCUT2D eigenvalue weighted by molar-refractivity contribution is 5.93. The van der Waals surface area contributed by atoms with Crippen LogP contribution in [0.4, 0.5) is 9.18 Å². The lowest BCUT2D eigenvalue weighted by molar-refractivity contribution is -0.138. The van der Waals surface area contributed by atoms with Gasteiger partial charge in [-0.1, -0.05) is 0 Å². The standard InChI is InChI=1S/C7H10FN3O4/c1-15-7(14)11-10-5-3(8)2-4(9-5)6(12)13/h3-4H,2H2,1H3,(H,9,10)(H,11,14)(H,12,13)/t3-,4-/m0/s1. The molecule has 0 aromatic rings. The third-order valence-electron chi connectivity index (χ3n) is 1.78. The fourth-order valence-corrected chi connectivity index (χ4v) is 1.04. The summed E-state index contributed by atoms with van der Waals surface area (Å²) in [5.41, 5.74) is 4.14. The van der Waals surface area contributed by atoms with Crippen molar-refractivity contribution in [3.05, 3.63) is 0 Å². The van der Waals surface area contributed by atoms with E-state index in [9.17, 15) is 14.0 Å². The third kappa shape index (κ3) is 2.79. The molecule has 0 saturated carbocycles. The van der Waals surface area contributed by atoms with Crippen molar-refractivity contribution in [2.75, 3.05) is 7.11 Å². The molecule has 0 aromatic heterocycles. The van der Waals surface area contributed by atoms with E-state index in [-0.39, 0.29) is 12.3 Å². The second-order valence-electron chi connectivity index (χ2n) is 2.81. The van der Waals surface area contributed by atoms with Crippen LogP contribution in [0.1, 0.15) is 6.42 Å². The zero-order valence-corrected chi connectivity index (χ0v) is 7.86. The Morgan fingerprint density at radius 2 is 2.33 bits per heavy atom.